The van der Waals surface area contributed by atoms with E-state index < -0.39 is 0 Å². The van der Waals surface area contributed by atoms with E-state index in [0.29, 0.717) is 5.92 Å². The molecule has 0 heterocycles. The molecule has 0 radical (unpaired) electrons. The molecule has 2 aromatic carbocycles. The van der Waals surface area contributed by atoms with Gasteiger partial charge >= 0.3 is 0 Å². The van der Waals surface area contributed by atoms with Gasteiger partial charge in [0.05, 0.1) is 12.0 Å². The van der Waals surface area contributed by atoms with Crippen LogP contribution in [0.3, 0.4) is 0 Å². The van der Waals surface area contributed by atoms with Crippen LogP contribution in [0.25, 0.3) is 10.8 Å². The van der Waals surface area contributed by atoms with E-state index in [0.717, 1.165) is 5.75 Å². The molecule has 2 aromatic rings. The first-order chi connectivity index (χ1) is 7.70. The molecule has 2 rings (SSSR count). The van der Waals surface area contributed by atoms with Crippen LogP contribution in [0.15, 0.2) is 36.4 Å². The first-order valence-electron chi connectivity index (χ1n) is 5.45. The summed E-state index contributed by atoms with van der Waals surface area (Å²) in [5.41, 5.74) is 1.37. The van der Waals surface area contributed by atoms with Crippen molar-refractivity contribution in [1.29, 1.82) is 0 Å². The second kappa shape index (κ2) is 4.79. The van der Waals surface area contributed by atoms with E-state index in [1.807, 2.05) is 12.3 Å². The third-order valence-corrected chi connectivity index (χ3v) is 3.04. The minimum Gasteiger partial charge on any atom is -0.426 e. The molecule has 0 saturated carbocycles. The van der Waals surface area contributed by atoms with Gasteiger partial charge in [-0.05, 0) is 34.4 Å². The summed E-state index contributed by atoms with van der Waals surface area (Å²) in [6.07, 6.45) is 1.93. The molecule has 0 aliphatic carbocycles. The van der Waals surface area contributed by atoms with Gasteiger partial charge in [0.15, 0.2) is 0 Å². The van der Waals surface area contributed by atoms with Crippen LogP contribution in [0.2, 0.25) is 0 Å². The minimum atomic E-state index is 0.564. The van der Waals surface area contributed by atoms with Crippen molar-refractivity contribution in [1.82, 2.24) is 0 Å². The van der Waals surface area contributed by atoms with Gasteiger partial charge < -0.3 is 4.18 Å². The van der Waals surface area contributed by atoms with Crippen molar-refractivity contribution in [3.05, 3.63) is 42.0 Å². The quantitative estimate of drug-likeness (QED) is 0.714. The van der Waals surface area contributed by atoms with Gasteiger partial charge in [-0.3, -0.25) is 0 Å². The summed E-state index contributed by atoms with van der Waals surface area (Å²) in [7, 11) is 0. The molecular formula is C14H16OS. The van der Waals surface area contributed by atoms with E-state index >= 15 is 0 Å². The number of benzene rings is 2. The second-order valence-electron chi connectivity index (χ2n) is 4.17. The maximum atomic E-state index is 5.43. The van der Waals surface area contributed by atoms with Crippen molar-refractivity contribution in [2.75, 3.05) is 6.26 Å². The van der Waals surface area contributed by atoms with Crippen LogP contribution in [0.4, 0.5) is 0 Å². The first kappa shape index (κ1) is 11.3. The Hall–Kier alpha value is -1.15. The maximum absolute atomic E-state index is 5.43. The average Bonchev–Trinajstić information content (AvgIpc) is 2.28. The fraction of sp³-hybridized carbons (Fsp3) is 0.286. The highest BCUT2D eigenvalue weighted by molar-refractivity contribution is 7.94. The Labute approximate surface area is 101 Å². The number of hydrogen-bond acceptors (Lipinski definition) is 2. The lowest BCUT2D eigenvalue weighted by Gasteiger charge is -2.08. The third-order valence-electron chi connectivity index (χ3n) is 2.68. The first-order valence-corrected chi connectivity index (χ1v) is 6.60. The predicted octanol–water partition coefficient (Wildman–Crippen LogP) is 4.62. The largest absolute Gasteiger partial charge is 0.426 e. The zero-order valence-corrected chi connectivity index (χ0v) is 10.7. The molecule has 0 amide bonds. The van der Waals surface area contributed by atoms with Crippen molar-refractivity contribution in [3.8, 4) is 5.75 Å². The van der Waals surface area contributed by atoms with E-state index in [2.05, 4.69) is 44.2 Å². The maximum Gasteiger partial charge on any atom is 0.137 e. The van der Waals surface area contributed by atoms with Crippen molar-refractivity contribution < 1.29 is 4.18 Å². The number of rotatable bonds is 3. The molecule has 16 heavy (non-hydrogen) atoms. The molecule has 0 aromatic heterocycles. The van der Waals surface area contributed by atoms with Gasteiger partial charge in [-0.1, -0.05) is 38.1 Å². The summed E-state index contributed by atoms with van der Waals surface area (Å²) < 4.78 is 5.43. The van der Waals surface area contributed by atoms with E-state index in [1.54, 1.807) is 0 Å². The normalized spacial score (nSPS) is 11.0. The molecule has 0 N–H and O–H groups in total. The number of hydrogen-bond donors (Lipinski definition) is 0. The van der Waals surface area contributed by atoms with Crippen LogP contribution in [0.1, 0.15) is 25.3 Å². The average molecular weight is 232 g/mol. The lowest BCUT2D eigenvalue weighted by Crippen LogP contribution is -1.87. The topological polar surface area (TPSA) is 9.23 Å². The summed E-state index contributed by atoms with van der Waals surface area (Å²) in [5, 5.41) is 2.51. The zero-order valence-electron chi connectivity index (χ0n) is 9.86. The molecule has 0 spiro atoms. The fourth-order valence-corrected chi connectivity index (χ4v) is 2.05. The van der Waals surface area contributed by atoms with Gasteiger partial charge in [0.1, 0.15) is 5.75 Å². The molecule has 0 fully saturated rings. The molecular weight excluding hydrogens is 216 g/mol. The Kier molecular flexibility index (Phi) is 3.39. The lowest BCUT2D eigenvalue weighted by atomic mass is 9.99. The number of fused-ring (bicyclic) bond motifs is 1. The van der Waals surface area contributed by atoms with Gasteiger partial charge in [0.2, 0.25) is 0 Å². The van der Waals surface area contributed by atoms with Crippen LogP contribution in [0, 0.1) is 0 Å². The second-order valence-corrected chi connectivity index (χ2v) is 4.67. The van der Waals surface area contributed by atoms with Crippen LogP contribution < -0.4 is 4.18 Å². The van der Waals surface area contributed by atoms with Crippen molar-refractivity contribution >= 4 is 22.8 Å². The van der Waals surface area contributed by atoms with Crippen molar-refractivity contribution in [2.45, 2.75) is 19.8 Å². The Morgan fingerprint density at radius 1 is 1.00 bits per heavy atom. The van der Waals surface area contributed by atoms with Crippen LogP contribution in [0.5, 0.6) is 5.75 Å². The van der Waals surface area contributed by atoms with Crippen LogP contribution in [-0.4, -0.2) is 6.26 Å². The van der Waals surface area contributed by atoms with Crippen molar-refractivity contribution in [3.63, 3.8) is 0 Å². The van der Waals surface area contributed by atoms with Gasteiger partial charge in [0, 0.05) is 6.26 Å². The highest BCUT2D eigenvalue weighted by atomic mass is 32.2. The highest BCUT2D eigenvalue weighted by Gasteiger charge is 2.02. The summed E-state index contributed by atoms with van der Waals surface area (Å²) in [6.45, 7) is 4.42. The molecule has 0 atom stereocenters. The summed E-state index contributed by atoms with van der Waals surface area (Å²) in [4.78, 5) is 0. The van der Waals surface area contributed by atoms with Gasteiger partial charge in [-0.15, -0.1) is 0 Å². The summed E-state index contributed by atoms with van der Waals surface area (Å²) in [5.74, 6) is 1.48. The Balaban J connectivity index is 2.48. The molecule has 0 aliphatic rings. The highest BCUT2D eigenvalue weighted by Crippen LogP contribution is 2.26. The molecule has 1 nitrogen and oxygen atoms in total. The van der Waals surface area contributed by atoms with E-state index in [-0.39, 0.29) is 0 Å². The van der Waals surface area contributed by atoms with Gasteiger partial charge in [0.25, 0.3) is 0 Å². The fourth-order valence-electron chi connectivity index (χ4n) is 1.75. The Bertz CT molecular complexity index is 491. The zero-order chi connectivity index (χ0) is 11.5. The molecule has 0 aliphatic heterocycles. The summed E-state index contributed by atoms with van der Waals surface area (Å²) in [6, 6.07) is 12.8. The van der Waals surface area contributed by atoms with E-state index in [9.17, 15) is 0 Å². The molecule has 84 valence electrons. The molecule has 0 unspecified atom stereocenters. The third kappa shape index (κ3) is 2.33. The SMILES string of the molecule is CSOc1ccc2ccc(C(C)C)cc2c1. The van der Waals surface area contributed by atoms with Crippen LogP contribution >= 0.6 is 12.0 Å². The smallest absolute Gasteiger partial charge is 0.137 e. The monoisotopic (exact) mass is 232 g/mol. The van der Waals surface area contributed by atoms with Crippen molar-refractivity contribution in [2.24, 2.45) is 0 Å². The van der Waals surface area contributed by atoms with Gasteiger partial charge in [-0.25, -0.2) is 0 Å². The standard InChI is InChI=1S/C14H16OS/c1-10(2)12-5-4-11-6-7-14(15-16-3)9-13(11)8-12/h4-10H,1-3H3. The Morgan fingerprint density at radius 2 is 1.75 bits per heavy atom. The summed E-state index contributed by atoms with van der Waals surface area (Å²) >= 11 is 1.37. The van der Waals surface area contributed by atoms with E-state index in [1.165, 1.54) is 28.4 Å². The molecule has 2 heteroatoms. The lowest BCUT2D eigenvalue weighted by molar-refractivity contribution is 0.651. The molecule has 0 bridgehead atoms. The predicted molar refractivity (Wildman–Crippen MR) is 72.2 cm³/mol. The van der Waals surface area contributed by atoms with Gasteiger partial charge in [-0.2, -0.15) is 0 Å². The Morgan fingerprint density at radius 3 is 2.44 bits per heavy atom. The van der Waals surface area contributed by atoms with E-state index in [4.69, 9.17) is 4.18 Å². The van der Waals surface area contributed by atoms with Crippen LogP contribution in [-0.2, 0) is 0 Å². The minimum absolute atomic E-state index is 0.564. The molecule has 0 saturated heterocycles.